The van der Waals surface area contributed by atoms with Crippen LogP contribution in [0.4, 0.5) is 0 Å². The molecule has 0 fully saturated rings. The fourth-order valence-corrected chi connectivity index (χ4v) is 2.27. The summed E-state index contributed by atoms with van der Waals surface area (Å²) in [7, 11) is 3.99. The van der Waals surface area contributed by atoms with Crippen molar-refractivity contribution in [2.45, 2.75) is 6.54 Å². The molecule has 0 aliphatic heterocycles. The molecule has 0 unspecified atom stereocenters. The van der Waals surface area contributed by atoms with Crippen molar-refractivity contribution >= 4 is 17.5 Å². The summed E-state index contributed by atoms with van der Waals surface area (Å²) >= 11 is 5.89. The molecule has 22 heavy (non-hydrogen) atoms. The highest BCUT2D eigenvalue weighted by Crippen LogP contribution is 2.13. The van der Waals surface area contributed by atoms with Gasteiger partial charge in [-0.15, -0.1) is 0 Å². The molecule has 1 heterocycles. The molecule has 2 aromatic rings. The molecular weight excluding hydrogens is 298 g/mol. The first-order chi connectivity index (χ1) is 10.6. The van der Waals surface area contributed by atoms with Gasteiger partial charge in [-0.3, -0.25) is 4.79 Å². The summed E-state index contributed by atoms with van der Waals surface area (Å²) in [6, 6.07) is 13.3. The predicted molar refractivity (Wildman–Crippen MR) is 89.0 cm³/mol. The van der Waals surface area contributed by atoms with Gasteiger partial charge in [0.15, 0.2) is 0 Å². The number of rotatable bonds is 6. The third-order valence-corrected chi connectivity index (χ3v) is 3.50. The molecule has 0 bridgehead atoms. The smallest absolute Gasteiger partial charge is 0.254 e. The fourth-order valence-electron chi connectivity index (χ4n) is 2.09. The number of pyridine rings is 1. The molecular formula is C17H20ClN3O. The van der Waals surface area contributed by atoms with Gasteiger partial charge in [0.25, 0.3) is 5.91 Å². The van der Waals surface area contributed by atoms with E-state index in [1.165, 1.54) is 0 Å². The van der Waals surface area contributed by atoms with Gasteiger partial charge in [0.2, 0.25) is 0 Å². The van der Waals surface area contributed by atoms with E-state index in [9.17, 15) is 4.79 Å². The van der Waals surface area contributed by atoms with E-state index in [-0.39, 0.29) is 5.91 Å². The van der Waals surface area contributed by atoms with Gasteiger partial charge in [0, 0.05) is 31.4 Å². The number of aromatic nitrogens is 1. The number of carbonyl (C=O) groups is 1. The standard InChI is InChI=1S/C17H20ClN3O/c1-20(2)10-11-21(13-14-6-4-3-5-7-14)17(22)15-8-9-19-16(18)12-15/h3-9,12H,10-11,13H2,1-2H3. The molecule has 0 N–H and O–H groups in total. The van der Waals surface area contributed by atoms with Crippen LogP contribution < -0.4 is 0 Å². The number of likely N-dealkylation sites (N-methyl/N-ethyl adjacent to an activating group) is 1. The largest absolute Gasteiger partial charge is 0.333 e. The van der Waals surface area contributed by atoms with Crippen LogP contribution >= 0.6 is 11.6 Å². The van der Waals surface area contributed by atoms with Gasteiger partial charge in [-0.05, 0) is 31.8 Å². The van der Waals surface area contributed by atoms with E-state index in [2.05, 4.69) is 9.88 Å². The minimum atomic E-state index is -0.0324. The normalized spacial score (nSPS) is 10.7. The van der Waals surface area contributed by atoms with E-state index < -0.39 is 0 Å². The van der Waals surface area contributed by atoms with Crippen LogP contribution in [0, 0.1) is 0 Å². The molecule has 0 radical (unpaired) electrons. The Balaban J connectivity index is 2.17. The molecule has 1 amide bonds. The number of nitrogens with zero attached hydrogens (tertiary/aromatic N) is 3. The zero-order valence-corrected chi connectivity index (χ0v) is 13.6. The van der Waals surface area contributed by atoms with E-state index in [0.29, 0.717) is 23.8 Å². The summed E-state index contributed by atoms with van der Waals surface area (Å²) in [4.78, 5) is 20.6. The van der Waals surface area contributed by atoms with E-state index in [4.69, 9.17) is 11.6 Å². The fraction of sp³-hybridized carbons (Fsp3) is 0.294. The summed E-state index contributed by atoms with van der Waals surface area (Å²) in [5.41, 5.74) is 1.67. The maximum Gasteiger partial charge on any atom is 0.254 e. The Labute approximate surface area is 136 Å². The van der Waals surface area contributed by atoms with Crippen molar-refractivity contribution < 1.29 is 4.79 Å². The molecule has 0 spiro atoms. The second kappa shape index (κ2) is 7.92. The molecule has 0 atom stereocenters. The van der Waals surface area contributed by atoms with E-state index in [1.807, 2.05) is 49.3 Å². The Bertz CT molecular complexity index is 616. The molecule has 5 heteroatoms. The van der Waals surface area contributed by atoms with E-state index in [0.717, 1.165) is 12.1 Å². The number of hydrogen-bond donors (Lipinski definition) is 0. The van der Waals surface area contributed by atoms with Crippen molar-refractivity contribution in [2.24, 2.45) is 0 Å². The average Bonchev–Trinajstić information content (AvgIpc) is 2.51. The molecule has 1 aromatic heterocycles. The molecule has 4 nitrogen and oxygen atoms in total. The topological polar surface area (TPSA) is 36.4 Å². The van der Waals surface area contributed by atoms with Crippen LogP contribution in [0.3, 0.4) is 0 Å². The van der Waals surface area contributed by atoms with Crippen LogP contribution in [-0.4, -0.2) is 47.9 Å². The highest BCUT2D eigenvalue weighted by molar-refractivity contribution is 6.29. The number of carbonyl (C=O) groups excluding carboxylic acids is 1. The third kappa shape index (κ3) is 4.83. The Morgan fingerprint density at radius 3 is 2.50 bits per heavy atom. The minimum Gasteiger partial charge on any atom is -0.333 e. The SMILES string of the molecule is CN(C)CCN(Cc1ccccc1)C(=O)c1ccnc(Cl)c1. The maximum absolute atomic E-state index is 12.7. The summed E-state index contributed by atoms with van der Waals surface area (Å²) in [6.07, 6.45) is 1.56. The van der Waals surface area contributed by atoms with Crippen LogP contribution in [0.2, 0.25) is 5.15 Å². The van der Waals surface area contributed by atoms with Crippen LogP contribution in [-0.2, 0) is 6.54 Å². The first-order valence-electron chi connectivity index (χ1n) is 7.16. The minimum absolute atomic E-state index is 0.0324. The maximum atomic E-state index is 12.7. The quantitative estimate of drug-likeness (QED) is 0.769. The van der Waals surface area contributed by atoms with Crippen LogP contribution in [0.15, 0.2) is 48.7 Å². The highest BCUT2D eigenvalue weighted by Gasteiger charge is 2.16. The Morgan fingerprint density at radius 1 is 1.14 bits per heavy atom. The Kier molecular flexibility index (Phi) is 5.92. The summed E-state index contributed by atoms with van der Waals surface area (Å²) in [6.45, 7) is 2.03. The third-order valence-electron chi connectivity index (χ3n) is 3.29. The van der Waals surface area contributed by atoms with Crippen molar-refractivity contribution in [1.82, 2.24) is 14.8 Å². The molecule has 0 saturated carbocycles. The molecule has 0 aliphatic carbocycles. The summed E-state index contributed by atoms with van der Waals surface area (Å²) in [5.74, 6) is -0.0324. The number of benzene rings is 1. The monoisotopic (exact) mass is 317 g/mol. The average molecular weight is 318 g/mol. The molecule has 1 aromatic carbocycles. The van der Waals surface area contributed by atoms with Crippen molar-refractivity contribution in [3.05, 3.63) is 64.9 Å². The second-order valence-corrected chi connectivity index (χ2v) is 5.77. The van der Waals surface area contributed by atoms with Gasteiger partial charge in [-0.2, -0.15) is 0 Å². The van der Waals surface area contributed by atoms with Gasteiger partial charge in [-0.25, -0.2) is 4.98 Å². The lowest BCUT2D eigenvalue weighted by Crippen LogP contribution is -2.36. The number of amides is 1. The highest BCUT2D eigenvalue weighted by atomic mass is 35.5. The van der Waals surface area contributed by atoms with Gasteiger partial charge in [0.05, 0.1) is 0 Å². The van der Waals surface area contributed by atoms with Crippen LogP contribution in [0.25, 0.3) is 0 Å². The van der Waals surface area contributed by atoms with Crippen LogP contribution in [0.5, 0.6) is 0 Å². The zero-order chi connectivity index (χ0) is 15.9. The number of hydrogen-bond acceptors (Lipinski definition) is 3. The Morgan fingerprint density at radius 2 is 1.86 bits per heavy atom. The van der Waals surface area contributed by atoms with Crippen molar-refractivity contribution in [1.29, 1.82) is 0 Å². The van der Waals surface area contributed by atoms with Crippen LogP contribution in [0.1, 0.15) is 15.9 Å². The lowest BCUT2D eigenvalue weighted by Gasteiger charge is -2.24. The van der Waals surface area contributed by atoms with E-state index in [1.54, 1.807) is 18.3 Å². The van der Waals surface area contributed by atoms with Crippen molar-refractivity contribution in [2.75, 3.05) is 27.2 Å². The van der Waals surface area contributed by atoms with E-state index >= 15 is 0 Å². The summed E-state index contributed by atoms with van der Waals surface area (Å²) in [5, 5.41) is 0.332. The van der Waals surface area contributed by atoms with Gasteiger partial charge in [-0.1, -0.05) is 41.9 Å². The number of halogens is 1. The second-order valence-electron chi connectivity index (χ2n) is 5.38. The Hall–Kier alpha value is -1.91. The zero-order valence-electron chi connectivity index (χ0n) is 12.9. The van der Waals surface area contributed by atoms with Gasteiger partial charge >= 0.3 is 0 Å². The lowest BCUT2D eigenvalue weighted by atomic mass is 10.2. The first-order valence-corrected chi connectivity index (χ1v) is 7.53. The lowest BCUT2D eigenvalue weighted by molar-refractivity contribution is 0.0732. The van der Waals surface area contributed by atoms with Crippen molar-refractivity contribution in [3.63, 3.8) is 0 Å². The molecule has 0 aliphatic rings. The van der Waals surface area contributed by atoms with Crippen molar-refractivity contribution in [3.8, 4) is 0 Å². The van der Waals surface area contributed by atoms with Gasteiger partial charge in [0.1, 0.15) is 5.15 Å². The molecule has 0 saturated heterocycles. The summed E-state index contributed by atoms with van der Waals surface area (Å²) < 4.78 is 0. The first kappa shape index (κ1) is 16.5. The molecule has 2 rings (SSSR count). The van der Waals surface area contributed by atoms with Gasteiger partial charge < -0.3 is 9.80 Å². The predicted octanol–water partition coefficient (Wildman–Crippen LogP) is 2.94. The molecule has 116 valence electrons.